The van der Waals surface area contributed by atoms with Crippen molar-refractivity contribution in [3.8, 4) is 5.75 Å². The number of carbonyl (C=O) groups is 2. The molecule has 0 bridgehead atoms. The van der Waals surface area contributed by atoms with Crippen LogP contribution in [-0.4, -0.2) is 25.5 Å². The summed E-state index contributed by atoms with van der Waals surface area (Å²) in [5.74, 6) is -1.38. The molecule has 0 saturated heterocycles. The van der Waals surface area contributed by atoms with Gasteiger partial charge in [-0.05, 0) is 12.1 Å². The number of ether oxygens (including phenoxy) is 2. The van der Waals surface area contributed by atoms with Crippen molar-refractivity contribution in [1.82, 2.24) is 0 Å². The first-order chi connectivity index (χ1) is 11.0. The summed E-state index contributed by atoms with van der Waals surface area (Å²) in [5.41, 5.74) is 0. The molecule has 0 fully saturated rings. The fourth-order valence-corrected chi connectivity index (χ4v) is 2.04. The standard InChI is InChI=1S/C14H15O8P/c1-3-13(15)18-10-20-23(17,21-11-19-14(16)4-2)22-12-8-6-5-7-9-12/h3-9H,1-2,10-11H2. The van der Waals surface area contributed by atoms with Crippen molar-refractivity contribution in [2.75, 3.05) is 13.6 Å². The Morgan fingerprint density at radius 1 is 0.957 bits per heavy atom. The van der Waals surface area contributed by atoms with Crippen LogP contribution in [0.4, 0.5) is 0 Å². The number of hydrogen-bond acceptors (Lipinski definition) is 8. The molecule has 0 aliphatic carbocycles. The lowest BCUT2D eigenvalue weighted by atomic mass is 10.3. The highest BCUT2D eigenvalue weighted by molar-refractivity contribution is 7.48. The van der Waals surface area contributed by atoms with Gasteiger partial charge in [-0.2, -0.15) is 0 Å². The van der Waals surface area contributed by atoms with Crippen LogP contribution in [0, 0.1) is 0 Å². The van der Waals surface area contributed by atoms with Gasteiger partial charge >= 0.3 is 19.8 Å². The van der Waals surface area contributed by atoms with Crippen LogP contribution in [0.1, 0.15) is 0 Å². The molecule has 1 rings (SSSR count). The highest BCUT2D eigenvalue weighted by Crippen LogP contribution is 2.49. The van der Waals surface area contributed by atoms with E-state index in [0.29, 0.717) is 0 Å². The highest BCUT2D eigenvalue weighted by Gasteiger charge is 2.30. The smallest absolute Gasteiger partial charge is 0.435 e. The molecule has 0 aliphatic heterocycles. The lowest BCUT2D eigenvalue weighted by molar-refractivity contribution is -0.147. The summed E-state index contributed by atoms with van der Waals surface area (Å²) in [6.07, 6.45) is 1.80. The van der Waals surface area contributed by atoms with Gasteiger partial charge in [0.2, 0.25) is 13.6 Å². The van der Waals surface area contributed by atoms with Crippen LogP contribution in [0.2, 0.25) is 0 Å². The Kier molecular flexibility index (Phi) is 7.76. The summed E-state index contributed by atoms with van der Waals surface area (Å²) >= 11 is 0. The molecule has 0 N–H and O–H groups in total. The van der Waals surface area contributed by atoms with Crippen LogP contribution in [0.25, 0.3) is 0 Å². The molecule has 0 heterocycles. The maximum atomic E-state index is 12.4. The molecule has 23 heavy (non-hydrogen) atoms. The number of hydrogen-bond donors (Lipinski definition) is 0. The van der Waals surface area contributed by atoms with E-state index < -0.39 is 33.3 Å². The zero-order valence-corrected chi connectivity index (χ0v) is 13.0. The number of para-hydroxylation sites is 1. The second kappa shape index (κ2) is 9.58. The van der Waals surface area contributed by atoms with Gasteiger partial charge in [0.15, 0.2) is 0 Å². The van der Waals surface area contributed by atoms with Crippen LogP contribution in [0.15, 0.2) is 55.6 Å². The summed E-state index contributed by atoms with van der Waals surface area (Å²) in [4.78, 5) is 21.9. The maximum absolute atomic E-state index is 12.4. The average Bonchev–Trinajstić information content (AvgIpc) is 2.55. The van der Waals surface area contributed by atoms with Gasteiger partial charge in [0.1, 0.15) is 5.75 Å². The lowest BCUT2D eigenvalue weighted by Gasteiger charge is -2.17. The Morgan fingerprint density at radius 2 is 1.43 bits per heavy atom. The molecule has 0 spiro atoms. The second-order valence-electron chi connectivity index (χ2n) is 3.68. The largest absolute Gasteiger partial charge is 0.535 e. The first-order valence-corrected chi connectivity index (χ1v) is 7.67. The van der Waals surface area contributed by atoms with E-state index in [1.807, 2.05) is 0 Å². The molecular formula is C14H15O8P. The van der Waals surface area contributed by atoms with Crippen molar-refractivity contribution in [2.45, 2.75) is 0 Å². The van der Waals surface area contributed by atoms with Crippen molar-refractivity contribution in [3.05, 3.63) is 55.6 Å². The van der Waals surface area contributed by atoms with Gasteiger partial charge in [-0.25, -0.2) is 23.2 Å². The molecule has 0 aromatic heterocycles. The molecular weight excluding hydrogens is 327 g/mol. The van der Waals surface area contributed by atoms with Crippen LogP contribution >= 0.6 is 7.82 Å². The zero-order chi connectivity index (χ0) is 17.1. The molecule has 0 unspecified atom stereocenters. The van der Waals surface area contributed by atoms with Crippen molar-refractivity contribution in [1.29, 1.82) is 0 Å². The van der Waals surface area contributed by atoms with E-state index in [-0.39, 0.29) is 5.75 Å². The molecule has 124 valence electrons. The number of esters is 2. The molecule has 0 saturated carbocycles. The van der Waals surface area contributed by atoms with Crippen LogP contribution in [0.3, 0.4) is 0 Å². The fourth-order valence-electron chi connectivity index (χ4n) is 1.12. The van der Waals surface area contributed by atoms with Crippen LogP contribution < -0.4 is 4.52 Å². The number of phosphoric acid groups is 1. The maximum Gasteiger partial charge on any atom is 0.535 e. The minimum Gasteiger partial charge on any atom is -0.435 e. The van der Waals surface area contributed by atoms with Gasteiger partial charge in [-0.1, -0.05) is 31.4 Å². The topological polar surface area (TPSA) is 97.4 Å². The third kappa shape index (κ3) is 7.42. The fraction of sp³-hybridized carbons (Fsp3) is 0.143. The monoisotopic (exact) mass is 342 g/mol. The molecule has 0 aliphatic rings. The van der Waals surface area contributed by atoms with E-state index in [1.54, 1.807) is 18.2 Å². The first kappa shape index (κ1) is 18.6. The second-order valence-corrected chi connectivity index (χ2v) is 5.27. The highest BCUT2D eigenvalue weighted by atomic mass is 31.2. The quantitative estimate of drug-likeness (QED) is 0.277. The molecule has 1 aromatic rings. The van der Waals surface area contributed by atoms with Gasteiger partial charge in [0.25, 0.3) is 0 Å². The van der Waals surface area contributed by atoms with Gasteiger partial charge in [-0.3, -0.25) is 0 Å². The van der Waals surface area contributed by atoms with E-state index in [1.165, 1.54) is 12.1 Å². The first-order valence-electron chi connectivity index (χ1n) is 6.21. The number of phosphoric ester groups is 1. The Labute approximate surface area is 132 Å². The van der Waals surface area contributed by atoms with Gasteiger partial charge in [0.05, 0.1) is 0 Å². The van der Waals surface area contributed by atoms with Gasteiger partial charge in [0, 0.05) is 12.2 Å². The Morgan fingerprint density at radius 3 is 1.87 bits per heavy atom. The number of rotatable bonds is 10. The molecule has 9 heteroatoms. The minimum atomic E-state index is -4.20. The lowest BCUT2D eigenvalue weighted by Crippen LogP contribution is -2.11. The minimum absolute atomic E-state index is 0.181. The van der Waals surface area contributed by atoms with Crippen molar-refractivity contribution < 1.29 is 37.2 Å². The Bertz CT molecular complexity index is 568. The van der Waals surface area contributed by atoms with Crippen LogP contribution in [0.5, 0.6) is 5.75 Å². The van der Waals surface area contributed by atoms with E-state index in [0.717, 1.165) is 12.2 Å². The Hall–Kier alpha value is -2.41. The van der Waals surface area contributed by atoms with Crippen molar-refractivity contribution in [2.24, 2.45) is 0 Å². The predicted octanol–water partition coefficient (Wildman–Crippen LogP) is 2.58. The molecule has 0 atom stereocenters. The van der Waals surface area contributed by atoms with Crippen molar-refractivity contribution in [3.63, 3.8) is 0 Å². The van der Waals surface area contributed by atoms with E-state index in [4.69, 9.17) is 13.6 Å². The molecule has 1 aromatic carbocycles. The predicted molar refractivity (Wildman–Crippen MR) is 79.2 cm³/mol. The molecule has 0 radical (unpaired) electrons. The zero-order valence-electron chi connectivity index (χ0n) is 12.1. The summed E-state index contributed by atoms with van der Waals surface area (Å²) in [7, 11) is -4.20. The Balaban J connectivity index is 2.67. The molecule has 0 amide bonds. The van der Waals surface area contributed by atoms with Crippen LogP contribution in [-0.2, 0) is 32.7 Å². The third-order valence-corrected chi connectivity index (χ3v) is 3.40. The van der Waals surface area contributed by atoms with E-state index in [2.05, 4.69) is 22.6 Å². The number of benzene rings is 1. The summed E-state index contributed by atoms with van der Waals surface area (Å²) in [6.45, 7) is 4.98. The average molecular weight is 342 g/mol. The summed E-state index contributed by atoms with van der Waals surface area (Å²) in [6, 6.07) is 8.00. The third-order valence-electron chi connectivity index (χ3n) is 2.12. The summed E-state index contributed by atoms with van der Waals surface area (Å²) in [5, 5.41) is 0. The SMILES string of the molecule is C=CC(=O)OCOP(=O)(OCOC(=O)C=C)Oc1ccccc1. The number of carbonyl (C=O) groups excluding carboxylic acids is 2. The normalized spacial score (nSPS) is 10.4. The van der Waals surface area contributed by atoms with E-state index >= 15 is 0 Å². The van der Waals surface area contributed by atoms with E-state index in [9.17, 15) is 14.2 Å². The summed E-state index contributed by atoms with van der Waals surface area (Å²) < 4.78 is 36.3. The van der Waals surface area contributed by atoms with Crippen molar-refractivity contribution >= 4 is 19.8 Å². The van der Waals surface area contributed by atoms with Gasteiger partial charge in [-0.15, -0.1) is 0 Å². The molecule has 8 nitrogen and oxygen atoms in total. The van der Waals surface area contributed by atoms with Gasteiger partial charge < -0.3 is 14.0 Å².